The van der Waals surface area contributed by atoms with Gasteiger partial charge in [-0.1, -0.05) is 78.1 Å². The van der Waals surface area contributed by atoms with Crippen LogP contribution in [-0.4, -0.2) is 6.61 Å². The van der Waals surface area contributed by atoms with Gasteiger partial charge in [-0.25, -0.2) is 13.2 Å². The van der Waals surface area contributed by atoms with Crippen molar-refractivity contribution in [3.63, 3.8) is 0 Å². The summed E-state index contributed by atoms with van der Waals surface area (Å²) in [6.07, 6.45) is 14.9. The van der Waals surface area contributed by atoms with Crippen molar-refractivity contribution in [2.45, 2.75) is 85.0 Å². The van der Waals surface area contributed by atoms with Crippen molar-refractivity contribution in [1.82, 2.24) is 0 Å². The zero-order valence-electron chi connectivity index (χ0n) is 16.9. The van der Waals surface area contributed by atoms with Gasteiger partial charge in [0.2, 0.25) is 11.6 Å². The molecule has 0 aliphatic heterocycles. The minimum Gasteiger partial charge on any atom is -0.491 e. The van der Waals surface area contributed by atoms with E-state index in [1.165, 1.54) is 71.1 Å². The molecule has 2 aliphatic carbocycles. The fourth-order valence-corrected chi connectivity index (χ4v) is 3.43. The largest absolute Gasteiger partial charge is 0.491 e. The minimum atomic E-state index is -1.86. The molecule has 27 heavy (non-hydrogen) atoms. The van der Waals surface area contributed by atoms with E-state index < -0.39 is 29.0 Å². The summed E-state index contributed by atoms with van der Waals surface area (Å²) in [6, 6.07) is 0.469. The highest BCUT2D eigenvalue weighted by molar-refractivity contribution is 5.27. The molecular weight excluding hydrogens is 356 g/mol. The summed E-state index contributed by atoms with van der Waals surface area (Å²) in [7, 11) is 0. The van der Waals surface area contributed by atoms with Crippen LogP contribution in [0.5, 0.6) is 5.75 Å². The van der Waals surface area contributed by atoms with E-state index in [2.05, 4.69) is 18.6 Å². The van der Waals surface area contributed by atoms with Crippen molar-refractivity contribution in [2.75, 3.05) is 6.61 Å². The fourth-order valence-electron chi connectivity index (χ4n) is 3.43. The number of benzene rings is 1. The Morgan fingerprint density at radius 2 is 1.19 bits per heavy atom. The minimum absolute atomic E-state index is 0.0431. The molecule has 0 N–H and O–H groups in total. The highest BCUT2D eigenvalue weighted by atomic mass is 19.2. The van der Waals surface area contributed by atoms with Gasteiger partial charge in [-0.2, -0.15) is 4.39 Å². The summed E-state index contributed by atoms with van der Waals surface area (Å²) in [5, 5.41) is 0. The van der Waals surface area contributed by atoms with Crippen LogP contribution < -0.4 is 4.74 Å². The summed E-state index contributed by atoms with van der Waals surface area (Å²) >= 11 is 0. The second-order valence-corrected chi connectivity index (χ2v) is 7.72. The lowest BCUT2D eigenvalue weighted by Gasteiger charge is -2.15. The second kappa shape index (κ2) is 13.0. The van der Waals surface area contributed by atoms with Crippen molar-refractivity contribution >= 4 is 0 Å². The molecule has 1 aromatic carbocycles. The van der Waals surface area contributed by atoms with Crippen molar-refractivity contribution < 1.29 is 22.3 Å². The predicted molar refractivity (Wildman–Crippen MR) is 102 cm³/mol. The second-order valence-electron chi connectivity index (χ2n) is 7.72. The molecule has 0 atom stereocenters. The molecule has 0 radical (unpaired) electrons. The molecular formula is C22H34F4O. The molecule has 0 amide bonds. The summed E-state index contributed by atoms with van der Waals surface area (Å²) in [6.45, 7) is 6.28. The summed E-state index contributed by atoms with van der Waals surface area (Å²) in [4.78, 5) is 0. The van der Waals surface area contributed by atoms with E-state index in [1.807, 2.05) is 0 Å². The maximum atomic E-state index is 12.7. The van der Waals surface area contributed by atoms with Gasteiger partial charge in [0.1, 0.15) is 0 Å². The first-order valence-corrected chi connectivity index (χ1v) is 10.3. The van der Waals surface area contributed by atoms with Crippen LogP contribution in [0.15, 0.2) is 6.07 Å². The lowest BCUT2D eigenvalue weighted by Crippen LogP contribution is -2.01. The number of halogens is 4. The lowest BCUT2D eigenvalue weighted by atomic mass is 9.91. The Morgan fingerprint density at radius 1 is 0.741 bits per heavy atom. The van der Waals surface area contributed by atoms with Gasteiger partial charge in [0.15, 0.2) is 17.4 Å². The molecule has 0 unspecified atom stereocenters. The molecule has 0 spiro atoms. The van der Waals surface area contributed by atoms with Crippen LogP contribution in [-0.2, 0) is 0 Å². The van der Waals surface area contributed by atoms with E-state index in [9.17, 15) is 17.6 Å². The Morgan fingerprint density at radius 3 is 1.52 bits per heavy atom. The van der Waals surface area contributed by atoms with Crippen molar-refractivity contribution in [3.8, 4) is 5.75 Å². The third kappa shape index (κ3) is 8.98. The van der Waals surface area contributed by atoms with E-state index in [1.54, 1.807) is 0 Å². The topological polar surface area (TPSA) is 9.23 Å². The molecule has 2 aliphatic rings. The third-order valence-electron chi connectivity index (χ3n) is 5.16. The van der Waals surface area contributed by atoms with E-state index in [0.717, 1.165) is 11.8 Å². The van der Waals surface area contributed by atoms with Gasteiger partial charge in [0.25, 0.3) is 0 Å². The van der Waals surface area contributed by atoms with Crippen LogP contribution in [0.3, 0.4) is 0 Å². The van der Waals surface area contributed by atoms with Crippen molar-refractivity contribution in [2.24, 2.45) is 11.8 Å². The average molecular weight is 391 g/mol. The molecule has 0 bridgehead atoms. The highest BCUT2D eigenvalue weighted by Gasteiger charge is 2.19. The summed E-state index contributed by atoms with van der Waals surface area (Å²) < 4.78 is 54.6. The fraction of sp³-hybridized carbons (Fsp3) is 0.727. The Bertz CT molecular complexity index is 520. The molecule has 2 fully saturated rings. The van der Waals surface area contributed by atoms with Gasteiger partial charge in [0, 0.05) is 6.07 Å². The molecule has 0 heterocycles. The van der Waals surface area contributed by atoms with Crippen LogP contribution in [0.4, 0.5) is 17.6 Å². The quantitative estimate of drug-likeness (QED) is 0.284. The molecule has 1 aromatic rings. The first-order valence-electron chi connectivity index (χ1n) is 10.3. The smallest absolute Gasteiger partial charge is 0.203 e. The maximum Gasteiger partial charge on any atom is 0.203 e. The Hall–Kier alpha value is -1.26. The van der Waals surface area contributed by atoms with E-state index in [0.29, 0.717) is 6.07 Å². The number of rotatable bonds is 2. The van der Waals surface area contributed by atoms with Crippen LogP contribution >= 0.6 is 0 Å². The average Bonchev–Trinajstić information content (AvgIpc) is 2.67. The van der Waals surface area contributed by atoms with Gasteiger partial charge in [0.05, 0.1) is 6.61 Å². The lowest BCUT2D eigenvalue weighted by molar-refractivity contribution is 0.302. The summed E-state index contributed by atoms with van der Waals surface area (Å²) in [5.41, 5.74) is 0. The van der Waals surface area contributed by atoms with E-state index in [-0.39, 0.29) is 6.61 Å². The molecule has 5 heteroatoms. The van der Waals surface area contributed by atoms with Crippen LogP contribution in [0.25, 0.3) is 0 Å². The molecule has 156 valence electrons. The van der Waals surface area contributed by atoms with Crippen molar-refractivity contribution in [3.05, 3.63) is 29.3 Å². The predicted octanol–water partition coefficient (Wildman–Crippen LogP) is 7.81. The van der Waals surface area contributed by atoms with Gasteiger partial charge < -0.3 is 4.74 Å². The van der Waals surface area contributed by atoms with Gasteiger partial charge >= 0.3 is 0 Å². The monoisotopic (exact) mass is 390 g/mol. The maximum absolute atomic E-state index is 12.7. The zero-order chi connectivity index (χ0) is 20.2. The van der Waals surface area contributed by atoms with Gasteiger partial charge in [-0.3, -0.25) is 0 Å². The first kappa shape index (κ1) is 23.8. The SMILES string of the molecule is CC1CCCCC1.CC1CCCCC1.CCOc1cc(F)c(F)c(F)c1F. The number of hydrogen-bond acceptors (Lipinski definition) is 1. The Kier molecular flexibility index (Phi) is 11.5. The normalized spacial score (nSPS) is 18.0. The van der Waals surface area contributed by atoms with Crippen molar-refractivity contribution in [1.29, 1.82) is 0 Å². The van der Waals surface area contributed by atoms with E-state index in [4.69, 9.17) is 0 Å². The number of ether oxygens (including phenoxy) is 1. The van der Waals surface area contributed by atoms with Gasteiger partial charge in [-0.15, -0.1) is 0 Å². The van der Waals surface area contributed by atoms with Crippen LogP contribution in [0, 0.1) is 35.1 Å². The van der Waals surface area contributed by atoms with Crippen LogP contribution in [0.2, 0.25) is 0 Å². The van der Waals surface area contributed by atoms with Gasteiger partial charge in [-0.05, 0) is 18.8 Å². The first-order chi connectivity index (χ1) is 12.9. The molecule has 3 rings (SSSR count). The zero-order valence-corrected chi connectivity index (χ0v) is 16.9. The molecule has 0 saturated heterocycles. The number of hydrogen-bond donors (Lipinski definition) is 0. The summed E-state index contributed by atoms with van der Waals surface area (Å²) in [5.74, 6) is -5.23. The third-order valence-corrected chi connectivity index (χ3v) is 5.16. The van der Waals surface area contributed by atoms with Crippen LogP contribution in [0.1, 0.15) is 85.0 Å². The molecule has 0 aromatic heterocycles. The standard InChI is InChI=1S/C8H6F4O.2C7H14/c1-2-13-5-3-4(9)6(10)8(12)7(5)11;2*1-7-5-3-2-4-6-7/h3H,2H2,1H3;2*7H,2-6H2,1H3. The van der Waals surface area contributed by atoms with E-state index >= 15 is 0 Å². The Labute approximate surface area is 161 Å². The molecule has 1 nitrogen and oxygen atoms in total. The Balaban J connectivity index is 0.000000220. The molecule has 2 saturated carbocycles. The highest BCUT2D eigenvalue weighted by Crippen LogP contribution is 2.24.